The number of nitrogens with zero attached hydrogens (tertiary/aromatic N) is 1. The quantitative estimate of drug-likeness (QED) is 0.364. The number of nitrogens with one attached hydrogen (secondary N) is 2. The molecule has 0 saturated heterocycles. The molecule has 1 atom stereocenters. The van der Waals surface area contributed by atoms with Crippen molar-refractivity contribution in [1.82, 2.24) is 9.97 Å². The van der Waals surface area contributed by atoms with Gasteiger partial charge in [0.25, 0.3) is 0 Å². The van der Waals surface area contributed by atoms with Crippen LogP contribution in [0.25, 0.3) is 10.9 Å². The van der Waals surface area contributed by atoms with Crippen molar-refractivity contribution in [2.24, 2.45) is 0 Å². The number of H-pyrrole nitrogens is 1. The molecule has 0 spiro atoms. The Balaban J connectivity index is 1.55. The lowest BCUT2D eigenvalue weighted by molar-refractivity contribution is -0.137. The highest BCUT2D eigenvalue weighted by molar-refractivity contribution is 5.86. The number of aliphatic carboxylic acids is 1. The van der Waals surface area contributed by atoms with Gasteiger partial charge < -0.3 is 20.1 Å². The SMILES string of the molecule is CNc1cccc(CCOc2ccc3[nH]cc(C(CC(=O)O)c4ccccc4)c3c2)n1. The molecule has 0 saturated carbocycles. The number of aromatic amines is 1. The maximum Gasteiger partial charge on any atom is 0.304 e. The Morgan fingerprint density at radius 2 is 1.97 bits per heavy atom. The van der Waals surface area contributed by atoms with Crippen molar-refractivity contribution in [2.75, 3.05) is 19.0 Å². The molecular weight excluding hydrogens is 390 g/mol. The molecule has 2 aromatic heterocycles. The van der Waals surface area contributed by atoms with E-state index in [1.54, 1.807) is 0 Å². The number of hydrogen-bond donors (Lipinski definition) is 3. The summed E-state index contributed by atoms with van der Waals surface area (Å²) >= 11 is 0. The standard InChI is InChI=1S/C25H25N3O3/c1-26-24-9-5-8-18(28-24)12-13-31-19-10-11-23-21(14-19)22(16-27-23)20(15-25(29)30)17-6-3-2-4-7-17/h2-11,14,16,20,27H,12-13,15H2,1H3,(H,26,28)(H,29,30). The van der Waals surface area contributed by atoms with Crippen LogP contribution in [0.1, 0.15) is 29.2 Å². The van der Waals surface area contributed by atoms with E-state index >= 15 is 0 Å². The van der Waals surface area contributed by atoms with Gasteiger partial charge in [-0.15, -0.1) is 0 Å². The highest BCUT2D eigenvalue weighted by Gasteiger charge is 2.21. The first-order valence-corrected chi connectivity index (χ1v) is 10.3. The Kier molecular flexibility index (Phi) is 6.17. The monoisotopic (exact) mass is 415 g/mol. The van der Waals surface area contributed by atoms with Gasteiger partial charge in [0, 0.05) is 42.2 Å². The van der Waals surface area contributed by atoms with Crippen LogP contribution in [0.5, 0.6) is 5.75 Å². The van der Waals surface area contributed by atoms with E-state index in [9.17, 15) is 9.90 Å². The van der Waals surface area contributed by atoms with E-state index in [1.165, 1.54) is 0 Å². The van der Waals surface area contributed by atoms with Gasteiger partial charge in [-0.2, -0.15) is 0 Å². The lowest BCUT2D eigenvalue weighted by atomic mass is 9.88. The van der Waals surface area contributed by atoms with Crippen molar-refractivity contribution in [3.63, 3.8) is 0 Å². The van der Waals surface area contributed by atoms with Gasteiger partial charge in [-0.25, -0.2) is 4.98 Å². The summed E-state index contributed by atoms with van der Waals surface area (Å²) in [6, 6.07) is 21.5. The van der Waals surface area contributed by atoms with E-state index in [0.717, 1.165) is 39.3 Å². The first-order chi connectivity index (χ1) is 15.1. The molecule has 2 aromatic carbocycles. The number of aromatic nitrogens is 2. The molecule has 1 unspecified atom stereocenters. The van der Waals surface area contributed by atoms with Crippen LogP contribution in [-0.2, 0) is 11.2 Å². The van der Waals surface area contributed by atoms with Crippen LogP contribution in [0.3, 0.4) is 0 Å². The smallest absolute Gasteiger partial charge is 0.304 e. The minimum absolute atomic E-state index is 0.0233. The number of rotatable bonds is 9. The number of carbonyl (C=O) groups is 1. The van der Waals surface area contributed by atoms with Crippen LogP contribution in [0, 0.1) is 0 Å². The van der Waals surface area contributed by atoms with E-state index in [2.05, 4.69) is 15.3 Å². The summed E-state index contributed by atoms with van der Waals surface area (Å²) in [5.74, 6) is 0.518. The molecule has 4 rings (SSSR count). The molecule has 0 bridgehead atoms. The zero-order chi connectivity index (χ0) is 21.6. The average Bonchev–Trinajstić information content (AvgIpc) is 3.21. The van der Waals surface area contributed by atoms with Crippen molar-refractivity contribution in [3.05, 3.63) is 89.7 Å². The highest BCUT2D eigenvalue weighted by Crippen LogP contribution is 2.35. The molecule has 6 heteroatoms. The van der Waals surface area contributed by atoms with Crippen molar-refractivity contribution in [2.45, 2.75) is 18.8 Å². The second-order valence-corrected chi connectivity index (χ2v) is 7.38. The normalized spacial score (nSPS) is 11.9. The zero-order valence-corrected chi connectivity index (χ0v) is 17.3. The number of pyridine rings is 1. The van der Waals surface area contributed by atoms with Gasteiger partial charge in [-0.1, -0.05) is 36.4 Å². The van der Waals surface area contributed by atoms with E-state index in [0.29, 0.717) is 13.0 Å². The fraction of sp³-hybridized carbons (Fsp3) is 0.200. The second kappa shape index (κ2) is 9.34. The Morgan fingerprint density at radius 3 is 2.74 bits per heavy atom. The first kappa shape index (κ1) is 20.5. The first-order valence-electron chi connectivity index (χ1n) is 10.3. The molecule has 3 N–H and O–H groups in total. The largest absolute Gasteiger partial charge is 0.493 e. The van der Waals surface area contributed by atoms with E-state index in [1.807, 2.05) is 80.0 Å². The van der Waals surface area contributed by atoms with Gasteiger partial charge in [-0.3, -0.25) is 4.79 Å². The van der Waals surface area contributed by atoms with Crippen LogP contribution in [0.15, 0.2) is 72.9 Å². The summed E-state index contributed by atoms with van der Waals surface area (Å²) in [5, 5.41) is 13.5. The topological polar surface area (TPSA) is 87.2 Å². The molecule has 0 fully saturated rings. The van der Waals surface area contributed by atoms with E-state index in [-0.39, 0.29) is 12.3 Å². The molecule has 31 heavy (non-hydrogen) atoms. The molecule has 158 valence electrons. The van der Waals surface area contributed by atoms with Gasteiger partial charge in [-0.05, 0) is 41.5 Å². The van der Waals surface area contributed by atoms with Gasteiger partial charge in [0.05, 0.1) is 13.0 Å². The Morgan fingerprint density at radius 1 is 1.13 bits per heavy atom. The number of anilines is 1. The fourth-order valence-corrected chi connectivity index (χ4v) is 3.80. The predicted molar refractivity (Wildman–Crippen MR) is 122 cm³/mol. The molecule has 0 aliphatic rings. The summed E-state index contributed by atoms with van der Waals surface area (Å²) < 4.78 is 5.99. The maximum atomic E-state index is 11.6. The van der Waals surface area contributed by atoms with Crippen LogP contribution in [0.2, 0.25) is 0 Å². The maximum absolute atomic E-state index is 11.6. The Bertz CT molecular complexity index is 1170. The summed E-state index contributed by atoms with van der Waals surface area (Å²) in [6.45, 7) is 0.503. The fourth-order valence-electron chi connectivity index (χ4n) is 3.80. The summed E-state index contributed by atoms with van der Waals surface area (Å²) in [6.07, 6.45) is 2.62. The second-order valence-electron chi connectivity index (χ2n) is 7.38. The minimum atomic E-state index is -0.827. The summed E-state index contributed by atoms with van der Waals surface area (Å²) in [7, 11) is 1.85. The van der Waals surface area contributed by atoms with Gasteiger partial charge >= 0.3 is 5.97 Å². The number of fused-ring (bicyclic) bond motifs is 1. The van der Waals surface area contributed by atoms with Crippen LogP contribution in [0.4, 0.5) is 5.82 Å². The van der Waals surface area contributed by atoms with Gasteiger partial charge in [0.1, 0.15) is 11.6 Å². The van der Waals surface area contributed by atoms with Crippen LogP contribution >= 0.6 is 0 Å². The van der Waals surface area contributed by atoms with Crippen molar-refractivity contribution in [3.8, 4) is 5.75 Å². The summed E-state index contributed by atoms with van der Waals surface area (Å²) in [5.41, 5.74) is 3.85. The van der Waals surface area contributed by atoms with Crippen LogP contribution < -0.4 is 10.1 Å². The Hall–Kier alpha value is -3.80. The zero-order valence-electron chi connectivity index (χ0n) is 17.3. The molecule has 0 radical (unpaired) electrons. The molecule has 0 amide bonds. The molecular formula is C25H25N3O3. The van der Waals surface area contributed by atoms with Gasteiger partial charge in [0.15, 0.2) is 0 Å². The number of carboxylic acid groups (broad SMARTS) is 1. The minimum Gasteiger partial charge on any atom is -0.493 e. The number of hydrogen-bond acceptors (Lipinski definition) is 4. The summed E-state index contributed by atoms with van der Waals surface area (Å²) in [4.78, 5) is 19.3. The molecule has 4 aromatic rings. The van der Waals surface area contributed by atoms with Crippen LogP contribution in [-0.4, -0.2) is 34.7 Å². The predicted octanol–water partition coefficient (Wildman–Crippen LogP) is 4.83. The Labute approximate surface area is 180 Å². The molecule has 0 aliphatic heterocycles. The highest BCUT2D eigenvalue weighted by atomic mass is 16.5. The third kappa shape index (κ3) is 4.86. The van der Waals surface area contributed by atoms with E-state index in [4.69, 9.17) is 4.74 Å². The van der Waals surface area contributed by atoms with Crippen molar-refractivity contribution >= 4 is 22.7 Å². The molecule has 6 nitrogen and oxygen atoms in total. The molecule has 0 aliphatic carbocycles. The number of ether oxygens (including phenoxy) is 1. The van der Waals surface area contributed by atoms with Crippen molar-refractivity contribution in [1.29, 1.82) is 0 Å². The number of carboxylic acids is 1. The van der Waals surface area contributed by atoms with E-state index < -0.39 is 5.97 Å². The molecule has 2 heterocycles. The number of benzene rings is 2. The third-order valence-electron chi connectivity index (χ3n) is 5.33. The lowest BCUT2D eigenvalue weighted by Crippen LogP contribution is -2.07. The average molecular weight is 415 g/mol. The van der Waals surface area contributed by atoms with Gasteiger partial charge in [0.2, 0.25) is 0 Å². The van der Waals surface area contributed by atoms with Crippen molar-refractivity contribution < 1.29 is 14.6 Å². The lowest BCUT2D eigenvalue weighted by Gasteiger charge is -2.15. The third-order valence-corrected chi connectivity index (χ3v) is 5.33.